The average molecular weight is 287 g/mol. The minimum absolute atomic E-state index is 0.0383. The largest absolute Gasteiger partial charge is 0.448 e. The van der Waals surface area contributed by atoms with Crippen molar-refractivity contribution in [3.8, 4) is 0 Å². The molecule has 0 atom stereocenters. The topological polar surface area (TPSA) is 125 Å². The molecule has 1 aromatic carbocycles. The number of aryl methyl sites for hydroxylation is 1. The first-order valence-corrected chi connectivity index (χ1v) is 7.06. The highest BCUT2D eigenvalue weighted by Gasteiger charge is 2.16. The number of nitrogens with two attached hydrogens (primary N) is 2. The van der Waals surface area contributed by atoms with E-state index in [1.165, 1.54) is 6.07 Å². The van der Waals surface area contributed by atoms with Crippen molar-refractivity contribution >= 4 is 16.1 Å². The molecule has 0 radical (unpaired) electrons. The van der Waals surface area contributed by atoms with Gasteiger partial charge in [0.1, 0.15) is 6.61 Å². The van der Waals surface area contributed by atoms with Gasteiger partial charge < -0.3 is 16.2 Å². The van der Waals surface area contributed by atoms with Gasteiger partial charge in [-0.3, -0.25) is 0 Å². The van der Waals surface area contributed by atoms with Gasteiger partial charge in [-0.2, -0.15) is 0 Å². The third kappa shape index (κ3) is 4.51. The predicted molar refractivity (Wildman–Crippen MR) is 69.8 cm³/mol. The van der Waals surface area contributed by atoms with Crippen molar-refractivity contribution in [2.75, 3.05) is 13.2 Å². The van der Waals surface area contributed by atoms with Crippen LogP contribution in [0, 0.1) is 6.92 Å². The molecular weight excluding hydrogens is 270 g/mol. The van der Waals surface area contributed by atoms with Gasteiger partial charge in [-0.05, 0) is 24.1 Å². The van der Waals surface area contributed by atoms with Gasteiger partial charge in [0.05, 0.1) is 4.90 Å². The third-order valence-corrected chi connectivity index (χ3v) is 4.02. The van der Waals surface area contributed by atoms with E-state index in [2.05, 4.69) is 9.46 Å². The lowest BCUT2D eigenvalue weighted by Gasteiger charge is -2.10. The van der Waals surface area contributed by atoms with Crippen LogP contribution in [0.1, 0.15) is 11.1 Å². The highest BCUT2D eigenvalue weighted by Crippen LogP contribution is 2.16. The number of amides is 1. The summed E-state index contributed by atoms with van der Waals surface area (Å²) < 4.78 is 30.7. The number of carbonyl (C=O) groups is 1. The van der Waals surface area contributed by atoms with Crippen LogP contribution in [0.25, 0.3) is 0 Å². The van der Waals surface area contributed by atoms with Crippen LogP contribution in [0.2, 0.25) is 0 Å². The Morgan fingerprint density at radius 3 is 2.63 bits per heavy atom. The Labute approximate surface area is 112 Å². The van der Waals surface area contributed by atoms with E-state index < -0.39 is 16.1 Å². The van der Waals surface area contributed by atoms with Crippen molar-refractivity contribution in [3.63, 3.8) is 0 Å². The molecule has 0 saturated heterocycles. The standard InChI is InChI=1S/C11H17N3O4S/c1-8-6-9(7-12)2-3-10(8)19(16,17)14-4-5-18-11(13)15/h2-3,6,14H,4-5,7,12H2,1H3,(H2,13,15). The Bertz CT molecular complexity index is 557. The molecule has 0 aromatic heterocycles. The van der Waals surface area contributed by atoms with E-state index in [0.717, 1.165) is 5.56 Å². The maximum Gasteiger partial charge on any atom is 0.404 e. The predicted octanol–water partition coefficient (Wildman–Crippen LogP) is -0.173. The first-order valence-electron chi connectivity index (χ1n) is 5.58. The number of hydrogen-bond acceptors (Lipinski definition) is 5. The van der Waals surface area contributed by atoms with Gasteiger partial charge in [0.15, 0.2) is 0 Å². The normalized spacial score (nSPS) is 11.3. The van der Waals surface area contributed by atoms with E-state index in [4.69, 9.17) is 11.5 Å². The molecule has 7 nitrogen and oxygen atoms in total. The number of nitrogens with one attached hydrogen (secondary N) is 1. The number of ether oxygens (including phenoxy) is 1. The van der Waals surface area contributed by atoms with E-state index in [-0.39, 0.29) is 18.0 Å². The molecule has 1 rings (SSSR count). The molecule has 0 saturated carbocycles. The van der Waals surface area contributed by atoms with Gasteiger partial charge >= 0.3 is 6.09 Å². The molecule has 106 valence electrons. The maximum atomic E-state index is 12.0. The molecule has 0 aliphatic rings. The molecule has 0 heterocycles. The Balaban J connectivity index is 2.74. The fraction of sp³-hybridized carbons (Fsp3) is 0.364. The lowest BCUT2D eigenvalue weighted by atomic mass is 10.1. The monoisotopic (exact) mass is 287 g/mol. The third-order valence-electron chi connectivity index (χ3n) is 2.40. The van der Waals surface area contributed by atoms with Crippen LogP contribution < -0.4 is 16.2 Å². The number of benzene rings is 1. The smallest absolute Gasteiger partial charge is 0.404 e. The lowest BCUT2D eigenvalue weighted by Crippen LogP contribution is -2.29. The fourth-order valence-electron chi connectivity index (χ4n) is 1.55. The summed E-state index contributed by atoms with van der Waals surface area (Å²) in [5.74, 6) is 0. The molecule has 1 amide bonds. The molecule has 0 aliphatic carbocycles. The van der Waals surface area contributed by atoms with Gasteiger partial charge in [-0.1, -0.05) is 12.1 Å². The Kier molecular flexibility index (Phi) is 5.28. The first kappa shape index (κ1) is 15.4. The summed E-state index contributed by atoms with van der Waals surface area (Å²) in [6.45, 7) is 1.88. The molecule has 8 heteroatoms. The highest BCUT2D eigenvalue weighted by atomic mass is 32.2. The van der Waals surface area contributed by atoms with Gasteiger partial charge in [0.2, 0.25) is 10.0 Å². The Morgan fingerprint density at radius 2 is 2.11 bits per heavy atom. The van der Waals surface area contributed by atoms with Crippen LogP contribution in [0.4, 0.5) is 4.79 Å². The molecule has 5 N–H and O–H groups in total. The second kappa shape index (κ2) is 6.50. The van der Waals surface area contributed by atoms with Crippen LogP contribution in [-0.4, -0.2) is 27.7 Å². The van der Waals surface area contributed by atoms with Crippen LogP contribution >= 0.6 is 0 Å². The van der Waals surface area contributed by atoms with Crippen molar-refractivity contribution in [1.82, 2.24) is 4.72 Å². The highest BCUT2D eigenvalue weighted by molar-refractivity contribution is 7.89. The zero-order valence-electron chi connectivity index (χ0n) is 10.5. The number of rotatable bonds is 6. The second-order valence-electron chi connectivity index (χ2n) is 3.87. The van der Waals surface area contributed by atoms with Crippen LogP contribution in [-0.2, 0) is 21.3 Å². The van der Waals surface area contributed by atoms with Crippen molar-refractivity contribution in [2.24, 2.45) is 11.5 Å². The summed E-state index contributed by atoms with van der Waals surface area (Å²) in [6, 6.07) is 4.87. The zero-order chi connectivity index (χ0) is 14.5. The van der Waals surface area contributed by atoms with Crippen molar-refractivity contribution in [2.45, 2.75) is 18.4 Å². The summed E-state index contributed by atoms with van der Waals surface area (Å²) in [4.78, 5) is 10.5. The van der Waals surface area contributed by atoms with Crippen molar-refractivity contribution in [3.05, 3.63) is 29.3 Å². The molecular formula is C11H17N3O4S. The number of sulfonamides is 1. The van der Waals surface area contributed by atoms with Crippen LogP contribution in [0.5, 0.6) is 0 Å². The Hall–Kier alpha value is -1.64. The summed E-state index contributed by atoms with van der Waals surface area (Å²) in [5.41, 5.74) is 11.7. The van der Waals surface area contributed by atoms with E-state index >= 15 is 0 Å². The first-order chi connectivity index (χ1) is 8.86. The van der Waals surface area contributed by atoms with Gasteiger partial charge in [0.25, 0.3) is 0 Å². The number of primary amides is 1. The molecule has 19 heavy (non-hydrogen) atoms. The van der Waals surface area contributed by atoms with E-state index in [9.17, 15) is 13.2 Å². The SMILES string of the molecule is Cc1cc(CN)ccc1S(=O)(=O)NCCOC(N)=O. The fourth-order valence-corrected chi connectivity index (χ4v) is 2.78. The molecule has 0 spiro atoms. The molecule has 0 bridgehead atoms. The van der Waals surface area contributed by atoms with Crippen LogP contribution in [0.15, 0.2) is 23.1 Å². The van der Waals surface area contributed by atoms with Gasteiger partial charge in [-0.25, -0.2) is 17.9 Å². The number of carbonyl (C=O) groups excluding carboxylic acids is 1. The summed E-state index contributed by atoms with van der Waals surface area (Å²) in [5, 5.41) is 0. The van der Waals surface area contributed by atoms with E-state index in [1.807, 2.05) is 0 Å². The molecule has 0 unspecified atom stereocenters. The van der Waals surface area contributed by atoms with Gasteiger partial charge in [0, 0.05) is 13.1 Å². The minimum atomic E-state index is -3.64. The van der Waals surface area contributed by atoms with Gasteiger partial charge in [-0.15, -0.1) is 0 Å². The lowest BCUT2D eigenvalue weighted by molar-refractivity contribution is 0.159. The second-order valence-corrected chi connectivity index (χ2v) is 5.60. The Morgan fingerprint density at radius 1 is 1.42 bits per heavy atom. The summed E-state index contributed by atoms with van der Waals surface area (Å²) >= 11 is 0. The van der Waals surface area contributed by atoms with E-state index in [0.29, 0.717) is 12.1 Å². The average Bonchev–Trinajstić information content (AvgIpc) is 2.34. The molecule has 0 fully saturated rings. The quantitative estimate of drug-likeness (QED) is 0.626. The maximum absolute atomic E-state index is 12.0. The molecule has 0 aliphatic heterocycles. The molecule has 1 aromatic rings. The van der Waals surface area contributed by atoms with E-state index in [1.54, 1.807) is 19.1 Å². The summed E-state index contributed by atoms with van der Waals surface area (Å²) in [7, 11) is -3.64. The zero-order valence-corrected chi connectivity index (χ0v) is 11.4. The number of hydrogen-bond donors (Lipinski definition) is 3. The van der Waals surface area contributed by atoms with Crippen LogP contribution in [0.3, 0.4) is 0 Å². The van der Waals surface area contributed by atoms with Crippen molar-refractivity contribution < 1.29 is 17.9 Å². The minimum Gasteiger partial charge on any atom is -0.448 e. The van der Waals surface area contributed by atoms with Crippen molar-refractivity contribution in [1.29, 1.82) is 0 Å². The summed E-state index contributed by atoms with van der Waals surface area (Å²) in [6.07, 6.45) is -0.942.